The van der Waals surface area contributed by atoms with Crippen molar-refractivity contribution in [3.05, 3.63) is 65.7 Å². The molecular formula is C22H22N2O7. The summed E-state index contributed by atoms with van der Waals surface area (Å²) in [6, 6.07) is 14.0. The number of hydrogen-bond donors (Lipinski definition) is 4. The molecule has 0 spiro atoms. The summed E-state index contributed by atoms with van der Waals surface area (Å²) in [6.45, 7) is 1.99. The van der Waals surface area contributed by atoms with Crippen LogP contribution in [-0.2, 0) is 27.3 Å². The van der Waals surface area contributed by atoms with Crippen LogP contribution in [0.25, 0.3) is 0 Å². The van der Waals surface area contributed by atoms with Crippen molar-refractivity contribution in [1.29, 1.82) is 0 Å². The minimum absolute atomic E-state index is 0.00123. The van der Waals surface area contributed by atoms with Gasteiger partial charge in [-0.1, -0.05) is 30.3 Å². The number of rotatable bonds is 6. The van der Waals surface area contributed by atoms with E-state index in [0.29, 0.717) is 37.5 Å². The van der Waals surface area contributed by atoms with Crippen LogP contribution in [0, 0.1) is 0 Å². The molecule has 1 amide bonds. The van der Waals surface area contributed by atoms with Gasteiger partial charge in [0.2, 0.25) is 5.91 Å². The number of aliphatic carboxylic acids is 2. The van der Waals surface area contributed by atoms with Gasteiger partial charge in [-0.15, -0.1) is 0 Å². The van der Waals surface area contributed by atoms with Crippen molar-refractivity contribution in [1.82, 2.24) is 5.32 Å². The van der Waals surface area contributed by atoms with E-state index in [1.165, 1.54) is 5.56 Å². The maximum absolute atomic E-state index is 11.6. The normalized spacial score (nSPS) is 16.1. The lowest BCUT2D eigenvalue weighted by Crippen LogP contribution is -2.38. The number of carboxylic acids is 2. The van der Waals surface area contributed by atoms with Crippen LogP contribution in [0.15, 0.2) is 54.6 Å². The van der Waals surface area contributed by atoms with Crippen LogP contribution in [0.2, 0.25) is 0 Å². The van der Waals surface area contributed by atoms with Gasteiger partial charge in [0.15, 0.2) is 11.5 Å². The molecule has 2 aliphatic rings. The van der Waals surface area contributed by atoms with Crippen molar-refractivity contribution in [3.8, 4) is 11.5 Å². The molecule has 4 N–H and O–H groups in total. The number of carbonyl (C=O) groups excluding carboxylic acids is 1. The molecule has 31 heavy (non-hydrogen) atoms. The predicted octanol–water partition coefficient (Wildman–Crippen LogP) is 1.82. The molecule has 0 fully saturated rings. The second-order valence-corrected chi connectivity index (χ2v) is 6.82. The summed E-state index contributed by atoms with van der Waals surface area (Å²) in [7, 11) is 0. The Morgan fingerprint density at radius 3 is 2.48 bits per heavy atom. The second kappa shape index (κ2) is 10.3. The first-order valence-corrected chi connectivity index (χ1v) is 9.56. The number of ether oxygens (including phenoxy) is 2. The molecular weight excluding hydrogens is 404 g/mol. The van der Waals surface area contributed by atoms with Gasteiger partial charge in [0.1, 0.15) is 12.7 Å². The Morgan fingerprint density at radius 1 is 1.10 bits per heavy atom. The summed E-state index contributed by atoms with van der Waals surface area (Å²) in [4.78, 5) is 30.7. The summed E-state index contributed by atoms with van der Waals surface area (Å²) >= 11 is 0. The van der Waals surface area contributed by atoms with Crippen molar-refractivity contribution in [2.75, 3.05) is 18.5 Å². The zero-order valence-electron chi connectivity index (χ0n) is 16.5. The number of benzene rings is 2. The topological polar surface area (TPSA) is 134 Å². The highest BCUT2D eigenvalue weighted by molar-refractivity contribution is 6.00. The van der Waals surface area contributed by atoms with Gasteiger partial charge < -0.3 is 30.3 Å². The number of amides is 1. The van der Waals surface area contributed by atoms with E-state index in [4.69, 9.17) is 19.7 Å². The number of carbonyl (C=O) groups is 3. The Morgan fingerprint density at radius 2 is 1.81 bits per heavy atom. The molecule has 0 aliphatic carbocycles. The molecule has 4 rings (SSSR count). The molecule has 1 atom stereocenters. The summed E-state index contributed by atoms with van der Waals surface area (Å²) in [6.07, 6.45) is 1.41. The van der Waals surface area contributed by atoms with Gasteiger partial charge >= 0.3 is 11.9 Å². The standard InChI is InChI=1S/C18H18N2O3.C4H4O4/c21-17-8-14-15(20-17)6-7-16-18(14)23-13(11-22-16)10-19-9-12-4-2-1-3-5-12;5-3(6)1-2-4(7)8/h1-7,13,19H,8-11H2,(H,20,21);1-2H,(H,5,6)(H,7,8). The predicted molar refractivity (Wildman–Crippen MR) is 111 cm³/mol. The lowest BCUT2D eigenvalue weighted by Gasteiger charge is -2.28. The molecule has 9 nitrogen and oxygen atoms in total. The average molecular weight is 426 g/mol. The van der Waals surface area contributed by atoms with Crippen molar-refractivity contribution in [2.45, 2.75) is 19.1 Å². The Kier molecular flexibility index (Phi) is 7.23. The van der Waals surface area contributed by atoms with Gasteiger partial charge in [0, 0.05) is 36.5 Å². The first-order chi connectivity index (χ1) is 14.9. The van der Waals surface area contributed by atoms with Gasteiger partial charge in [-0.3, -0.25) is 4.79 Å². The van der Waals surface area contributed by atoms with Crippen LogP contribution in [0.3, 0.4) is 0 Å². The Hall–Kier alpha value is -3.85. The van der Waals surface area contributed by atoms with E-state index in [-0.39, 0.29) is 12.0 Å². The zero-order chi connectivity index (χ0) is 22.2. The minimum atomic E-state index is -1.26. The smallest absolute Gasteiger partial charge is 0.328 e. The van der Waals surface area contributed by atoms with Crippen molar-refractivity contribution < 1.29 is 34.1 Å². The molecule has 2 heterocycles. The van der Waals surface area contributed by atoms with Crippen LogP contribution in [0.1, 0.15) is 11.1 Å². The maximum atomic E-state index is 11.6. The number of nitrogens with one attached hydrogen (secondary N) is 2. The Labute approximate surface area is 178 Å². The van der Waals surface area contributed by atoms with Crippen molar-refractivity contribution in [2.24, 2.45) is 0 Å². The fourth-order valence-corrected chi connectivity index (χ4v) is 3.10. The summed E-state index contributed by atoms with van der Waals surface area (Å²) in [5.41, 5.74) is 2.97. The van der Waals surface area contributed by atoms with E-state index >= 15 is 0 Å². The lowest BCUT2D eigenvalue weighted by atomic mass is 10.1. The van der Waals surface area contributed by atoms with Crippen molar-refractivity contribution in [3.63, 3.8) is 0 Å². The monoisotopic (exact) mass is 426 g/mol. The van der Waals surface area contributed by atoms with Gasteiger partial charge in [-0.2, -0.15) is 0 Å². The fraction of sp³-hybridized carbons (Fsp3) is 0.227. The SMILES string of the molecule is O=C(O)C=CC(=O)O.O=C1Cc2c(ccc3c2OC(CNCc2ccccc2)CO3)N1. The zero-order valence-corrected chi connectivity index (χ0v) is 16.5. The maximum Gasteiger partial charge on any atom is 0.328 e. The highest BCUT2D eigenvalue weighted by atomic mass is 16.6. The first kappa shape index (κ1) is 21.8. The van der Waals surface area contributed by atoms with E-state index in [2.05, 4.69) is 22.8 Å². The highest BCUT2D eigenvalue weighted by Gasteiger charge is 2.29. The number of fused-ring (bicyclic) bond motifs is 3. The molecule has 162 valence electrons. The Bertz CT molecular complexity index is 973. The van der Waals surface area contributed by atoms with Gasteiger partial charge in [0.05, 0.1) is 6.42 Å². The second-order valence-electron chi connectivity index (χ2n) is 6.82. The summed E-state index contributed by atoms with van der Waals surface area (Å²) in [5, 5.41) is 21.9. The number of hydrogen-bond acceptors (Lipinski definition) is 6. The number of anilines is 1. The summed E-state index contributed by atoms with van der Waals surface area (Å²) < 4.78 is 11.9. The van der Waals surface area contributed by atoms with Crippen LogP contribution < -0.4 is 20.1 Å². The third-order valence-electron chi connectivity index (χ3n) is 4.46. The molecule has 1 unspecified atom stereocenters. The fourth-order valence-electron chi connectivity index (χ4n) is 3.10. The van der Waals surface area contributed by atoms with Gasteiger partial charge in [-0.05, 0) is 17.7 Å². The lowest BCUT2D eigenvalue weighted by molar-refractivity contribution is -0.134. The third kappa shape index (κ3) is 6.31. The van der Waals surface area contributed by atoms with E-state index in [0.717, 1.165) is 23.5 Å². The average Bonchev–Trinajstić information content (AvgIpc) is 3.14. The van der Waals surface area contributed by atoms with E-state index in [9.17, 15) is 14.4 Å². The quantitative estimate of drug-likeness (QED) is 0.514. The molecule has 2 aliphatic heterocycles. The molecule has 0 aromatic heterocycles. The van der Waals surface area contributed by atoms with E-state index < -0.39 is 11.9 Å². The third-order valence-corrected chi connectivity index (χ3v) is 4.46. The molecule has 2 aromatic rings. The molecule has 2 aromatic carbocycles. The molecule has 0 radical (unpaired) electrons. The van der Waals surface area contributed by atoms with Gasteiger partial charge in [-0.25, -0.2) is 9.59 Å². The molecule has 9 heteroatoms. The van der Waals surface area contributed by atoms with Crippen LogP contribution in [-0.4, -0.2) is 47.3 Å². The molecule has 0 saturated carbocycles. The largest absolute Gasteiger partial charge is 0.486 e. The molecule has 0 saturated heterocycles. The van der Waals surface area contributed by atoms with Crippen molar-refractivity contribution >= 4 is 23.5 Å². The van der Waals surface area contributed by atoms with Gasteiger partial charge in [0.25, 0.3) is 0 Å². The van der Waals surface area contributed by atoms with E-state index in [1.807, 2.05) is 30.3 Å². The van der Waals surface area contributed by atoms with Crippen LogP contribution >= 0.6 is 0 Å². The highest BCUT2D eigenvalue weighted by Crippen LogP contribution is 2.41. The minimum Gasteiger partial charge on any atom is -0.486 e. The molecule has 0 bridgehead atoms. The Balaban J connectivity index is 0.000000293. The summed E-state index contributed by atoms with van der Waals surface area (Å²) in [5.74, 6) is -1.08. The van der Waals surface area contributed by atoms with E-state index in [1.54, 1.807) is 0 Å². The van der Waals surface area contributed by atoms with Crippen LogP contribution in [0.5, 0.6) is 11.5 Å². The first-order valence-electron chi connectivity index (χ1n) is 9.56. The van der Waals surface area contributed by atoms with Crippen LogP contribution in [0.4, 0.5) is 5.69 Å². The number of carboxylic acid groups (broad SMARTS) is 2.